The van der Waals surface area contributed by atoms with Crippen LogP contribution in [0.3, 0.4) is 0 Å². The molecule has 1 aromatic carbocycles. The van der Waals surface area contributed by atoms with Crippen molar-refractivity contribution in [3.05, 3.63) is 35.4 Å². The van der Waals surface area contributed by atoms with Crippen LogP contribution in [0.15, 0.2) is 24.3 Å². The van der Waals surface area contributed by atoms with Crippen LogP contribution >= 0.6 is 0 Å². The Hall–Kier alpha value is -0.860. The van der Waals surface area contributed by atoms with Crippen molar-refractivity contribution in [3.8, 4) is 0 Å². The predicted molar refractivity (Wildman–Crippen MR) is 80.4 cm³/mol. The van der Waals surface area contributed by atoms with Gasteiger partial charge >= 0.3 is 0 Å². The van der Waals surface area contributed by atoms with E-state index in [4.69, 9.17) is 0 Å². The highest BCUT2D eigenvalue weighted by atomic mass is 15.2. The van der Waals surface area contributed by atoms with E-state index in [0.717, 1.165) is 18.6 Å². The normalized spacial score (nSPS) is 31.4. The maximum atomic E-state index is 3.73. The first kappa shape index (κ1) is 13.1. The largest absolute Gasteiger partial charge is 0.309 e. The van der Waals surface area contributed by atoms with Gasteiger partial charge < -0.3 is 5.32 Å². The molecule has 2 heteroatoms. The molecule has 1 saturated heterocycles. The van der Waals surface area contributed by atoms with Crippen LogP contribution in [-0.2, 0) is 6.42 Å². The van der Waals surface area contributed by atoms with Crippen molar-refractivity contribution >= 4 is 0 Å². The summed E-state index contributed by atoms with van der Waals surface area (Å²) < 4.78 is 0. The Bertz CT molecular complexity index is 429. The molecular formula is C17H26N2. The Labute approximate surface area is 117 Å². The summed E-state index contributed by atoms with van der Waals surface area (Å²) in [6.45, 7) is 7.03. The summed E-state index contributed by atoms with van der Waals surface area (Å²) in [5.41, 5.74) is 3.08. The Morgan fingerprint density at radius 3 is 2.95 bits per heavy atom. The van der Waals surface area contributed by atoms with Gasteiger partial charge in [-0.15, -0.1) is 0 Å². The Kier molecular flexibility index (Phi) is 3.90. The van der Waals surface area contributed by atoms with Gasteiger partial charge in [-0.2, -0.15) is 0 Å². The van der Waals surface area contributed by atoms with Crippen LogP contribution in [0.1, 0.15) is 50.3 Å². The van der Waals surface area contributed by atoms with Crippen molar-refractivity contribution in [2.45, 2.75) is 57.7 Å². The molecule has 0 spiro atoms. The third-order valence-electron chi connectivity index (χ3n) is 5.03. The number of likely N-dealkylation sites (tertiary alicyclic amines) is 1. The molecule has 104 valence electrons. The van der Waals surface area contributed by atoms with E-state index in [2.05, 4.69) is 48.3 Å². The maximum Gasteiger partial charge on any atom is 0.0452 e. The summed E-state index contributed by atoms with van der Waals surface area (Å²) >= 11 is 0. The molecule has 3 atom stereocenters. The lowest BCUT2D eigenvalue weighted by Crippen LogP contribution is -2.43. The second-order valence-corrected chi connectivity index (χ2v) is 6.14. The van der Waals surface area contributed by atoms with E-state index >= 15 is 0 Å². The van der Waals surface area contributed by atoms with Crippen molar-refractivity contribution in [2.75, 3.05) is 13.1 Å². The molecule has 1 fully saturated rings. The highest BCUT2D eigenvalue weighted by Gasteiger charge is 2.32. The van der Waals surface area contributed by atoms with E-state index in [-0.39, 0.29) is 0 Å². The topological polar surface area (TPSA) is 15.3 Å². The molecule has 1 N–H and O–H groups in total. The van der Waals surface area contributed by atoms with E-state index in [0.29, 0.717) is 6.04 Å². The summed E-state index contributed by atoms with van der Waals surface area (Å²) in [6, 6.07) is 11.0. The lowest BCUT2D eigenvalue weighted by atomic mass is 9.94. The molecule has 0 bridgehead atoms. The SMILES string of the molecule is CCC1CCC(C)N1CC1NCCc2ccccc21. The summed E-state index contributed by atoms with van der Waals surface area (Å²) in [4.78, 5) is 2.74. The predicted octanol–water partition coefficient (Wildman–Crippen LogP) is 3.14. The van der Waals surface area contributed by atoms with Gasteiger partial charge in [-0.1, -0.05) is 31.2 Å². The van der Waals surface area contributed by atoms with E-state index in [1.165, 1.54) is 37.8 Å². The average Bonchev–Trinajstić information content (AvgIpc) is 2.80. The highest BCUT2D eigenvalue weighted by Crippen LogP contribution is 2.30. The summed E-state index contributed by atoms with van der Waals surface area (Å²) in [7, 11) is 0. The van der Waals surface area contributed by atoms with Gasteiger partial charge in [-0.3, -0.25) is 4.90 Å². The number of nitrogens with one attached hydrogen (secondary N) is 1. The number of hydrogen-bond acceptors (Lipinski definition) is 2. The van der Waals surface area contributed by atoms with Gasteiger partial charge in [0.2, 0.25) is 0 Å². The number of nitrogens with zero attached hydrogens (tertiary/aromatic N) is 1. The summed E-state index contributed by atoms with van der Waals surface area (Å²) in [5, 5.41) is 3.73. The van der Waals surface area contributed by atoms with Crippen LogP contribution < -0.4 is 5.32 Å². The summed E-state index contributed by atoms with van der Waals surface area (Å²) in [5.74, 6) is 0. The molecule has 19 heavy (non-hydrogen) atoms. The van der Waals surface area contributed by atoms with Crippen molar-refractivity contribution < 1.29 is 0 Å². The van der Waals surface area contributed by atoms with Crippen molar-refractivity contribution in [1.82, 2.24) is 10.2 Å². The molecule has 2 nitrogen and oxygen atoms in total. The van der Waals surface area contributed by atoms with Gasteiger partial charge in [0.25, 0.3) is 0 Å². The Balaban J connectivity index is 1.77. The van der Waals surface area contributed by atoms with Crippen LogP contribution in [0.5, 0.6) is 0 Å². The first-order valence-corrected chi connectivity index (χ1v) is 7.86. The van der Waals surface area contributed by atoms with Crippen molar-refractivity contribution in [3.63, 3.8) is 0 Å². The minimum Gasteiger partial charge on any atom is -0.309 e. The van der Waals surface area contributed by atoms with E-state index in [1.807, 2.05) is 0 Å². The smallest absolute Gasteiger partial charge is 0.0452 e. The van der Waals surface area contributed by atoms with Crippen LogP contribution in [0.2, 0.25) is 0 Å². The van der Waals surface area contributed by atoms with E-state index in [1.54, 1.807) is 5.56 Å². The highest BCUT2D eigenvalue weighted by molar-refractivity contribution is 5.32. The monoisotopic (exact) mass is 258 g/mol. The molecule has 2 aliphatic heterocycles. The van der Waals surface area contributed by atoms with Gasteiger partial charge in [0.1, 0.15) is 0 Å². The fourth-order valence-corrected chi connectivity index (χ4v) is 3.86. The molecule has 3 unspecified atom stereocenters. The Morgan fingerprint density at radius 1 is 1.26 bits per heavy atom. The lowest BCUT2D eigenvalue weighted by molar-refractivity contribution is 0.174. The molecule has 2 aliphatic rings. The van der Waals surface area contributed by atoms with Gasteiger partial charge in [-0.25, -0.2) is 0 Å². The molecule has 0 saturated carbocycles. The fourth-order valence-electron chi connectivity index (χ4n) is 3.86. The summed E-state index contributed by atoms with van der Waals surface area (Å²) in [6.07, 6.45) is 5.22. The number of rotatable bonds is 3. The van der Waals surface area contributed by atoms with E-state index < -0.39 is 0 Å². The molecule has 0 aliphatic carbocycles. The zero-order valence-corrected chi connectivity index (χ0v) is 12.2. The zero-order chi connectivity index (χ0) is 13.2. The standard InChI is InChI=1S/C17H26N2/c1-3-15-9-8-13(2)19(15)12-17-16-7-5-4-6-14(16)10-11-18-17/h4-7,13,15,17-18H,3,8-12H2,1-2H3. The first-order valence-electron chi connectivity index (χ1n) is 7.86. The number of benzene rings is 1. The molecule has 1 aromatic rings. The average molecular weight is 258 g/mol. The van der Waals surface area contributed by atoms with Gasteiger partial charge in [0.05, 0.1) is 0 Å². The number of fused-ring (bicyclic) bond motifs is 1. The molecular weight excluding hydrogens is 232 g/mol. The number of hydrogen-bond donors (Lipinski definition) is 1. The van der Waals surface area contributed by atoms with Gasteiger partial charge in [0.15, 0.2) is 0 Å². The quantitative estimate of drug-likeness (QED) is 0.896. The van der Waals surface area contributed by atoms with Crippen molar-refractivity contribution in [2.24, 2.45) is 0 Å². The van der Waals surface area contributed by atoms with Crippen LogP contribution in [-0.4, -0.2) is 30.1 Å². The van der Waals surface area contributed by atoms with E-state index in [9.17, 15) is 0 Å². The molecule has 0 radical (unpaired) electrons. The zero-order valence-electron chi connectivity index (χ0n) is 12.2. The minimum absolute atomic E-state index is 0.527. The Morgan fingerprint density at radius 2 is 2.11 bits per heavy atom. The van der Waals surface area contributed by atoms with Crippen molar-refractivity contribution in [1.29, 1.82) is 0 Å². The third-order valence-corrected chi connectivity index (χ3v) is 5.03. The lowest BCUT2D eigenvalue weighted by Gasteiger charge is -2.35. The molecule has 3 rings (SSSR count). The van der Waals surface area contributed by atoms with Crippen LogP contribution in [0.25, 0.3) is 0 Å². The van der Waals surface area contributed by atoms with Gasteiger partial charge in [-0.05, 0) is 50.3 Å². The van der Waals surface area contributed by atoms with Gasteiger partial charge in [0, 0.05) is 24.7 Å². The second kappa shape index (κ2) is 5.64. The third kappa shape index (κ3) is 2.56. The molecule has 0 aromatic heterocycles. The minimum atomic E-state index is 0.527. The van der Waals surface area contributed by atoms with Crippen LogP contribution in [0.4, 0.5) is 0 Å². The molecule has 2 heterocycles. The molecule has 0 amide bonds. The second-order valence-electron chi connectivity index (χ2n) is 6.14. The fraction of sp³-hybridized carbons (Fsp3) is 0.647. The first-order chi connectivity index (χ1) is 9.29. The van der Waals surface area contributed by atoms with Crippen LogP contribution in [0, 0.1) is 0 Å². The maximum absolute atomic E-state index is 3.73.